The van der Waals surface area contributed by atoms with Crippen molar-refractivity contribution in [2.45, 2.75) is 58.2 Å². The van der Waals surface area contributed by atoms with Gasteiger partial charge in [0.1, 0.15) is 11.5 Å². The molecule has 0 saturated carbocycles. The summed E-state index contributed by atoms with van der Waals surface area (Å²) < 4.78 is 11.4. The molecule has 2 heterocycles. The number of hydrogen-bond donors (Lipinski definition) is 0. The summed E-state index contributed by atoms with van der Waals surface area (Å²) in [6, 6.07) is 0. The number of carbonyl (C=O) groups is 4. The van der Waals surface area contributed by atoms with Crippen molar-refractivity contribution in [2.24, 2.45) is 16.7 Å². The third-order valence-electron chi connectivity index (χ3n) is 5.61. The van der Waals surface area contributed by atoms with Crippen molar-refractivity contribution < 1.29 is 33.2 Å². The van der Waals surface area contributed by atoms with Crippen LogP contribution in [0.1, 0.15) is 33.6 Å². The van der Waals surface area contributed by atoms with Crippen LogP contribution in [-0.4, -0.2) is 68.5 Å². The first-order valence-electron chi connectivity index (χ1n) is 10.5. The third-order valence-corrected chi connectivity index (χ3v) is 7.76. The van der Waals surface area contributed by atoms with Crippen LogP contribution in [0.25, 0.3) is 0 Å². The van der Waals surface area contributed by atoms with Gasteiger partial charge in [0.25, 0.3) is 5.91 Å². The molecule has 2 aliphatic heterocycles. The molecule has 0 radical (unpaired) electrons. The van der Waals surface area contributed by atoms with Gasteiger partial charge in [0.05, 0.1) is 6.61 Å². The second-order valence-electron chi connectivity index (χ2n) is 9.16. The molecule has 2 rings (SSSR count). The number of hydrogen-bond acceptors (Lipinski definition) is 8. The standard InChI is InChI=1S/C21H33NO7SSi/c1-7-10-28-22-18(26)21(16(24)12-23,15(20(2,3)4)13-29-31(5)6)19(22)30-17(25)14-9-8-11-27-14/h7,12,14-15,19,31H,1,8-11,13H2,2-6H3/t14-,15-,19-,21+/m1/s1. The first-order valence-corrected chi connectivity index (χ1v) is 14.2. The van der Waals surface area contributed by atoms with E-state index >= 15 is 0 Å². The molecular formula is C21H33NO7SSi. The Balaban J connectivity index is 2.51. The molecule has 0 aromatic carbocycles. The van der Waals surface area contributed by atoms with Crippen LogP contribution in [0.4, 0.5) is 0 Å². The molecule has 31 heavy (non-hydrogen) atoms. The minimum atomic E-state index is -1.75. The zero-order chi connectivity index (χ0) is 23.4. The number of carbonyl (C=O) groups excluding carboxylic acids is 4. The van der Waals surface area contributed by atoms with Crippen LogP contribution < -0.4 is 0 Å². The van der Waals surface area contributed by atoms with Crippen molar-refractivity contribution in [3.8, 4) is 0 Å². The van der Waals surface area contributed by atoms with E-state index in [1.807, 2.05) is 33.9 Å². The molecule has 2 aliphatic rings. The van der Waals surface area contributed by atoms with E-state index in [2.05, 4.69) is 6.58 Å². The summed E-state index contributed by atoms with van der Waals surface area (Å²) in [6.07, 6.45) is 2.40. The van der Waals surface area contributed by atoms with E-state index in [-0.39, 0.29) is 24.6 Å². The lowest BCUT2D eigenvalue weighted by Crippen LogP contribution is -2.75. The second-order valence-corrected chi connectivity index (χ2v) is 12.7. The van der Waals surface area contributed by atoms with Gasteiger partial charge in [-0.15, -0.1) is 6.58 Å². The SMILES string of the molecule is C=CCON1C(=O)[C@@](C(=O)C=O)([C@H](CO[SiH](C)C)C(C)(C)C)[C@H]1SC(=O)[C@H]1CCCO1. The van der Waals surface area contributed by atoms with Crippen LogP contribution in [0, 0.1) is 16.7 Å². The van der Waals surface area contributed by atoms with Crippen molar-refractivity contribution >= 4 is 43.9 Å². The van der Waals surface area contributed by atoms with Gasteiger partial charge in [-0.05, 0) is 31.4 Å². The van der Waals surface area contributed by atoms with Crippen LogP contribution in [0.15, 0.2) is 12.7 Å². The summed E-state index contributed by atoms with van der Waals surface area (Å²) in [6.45, 7) is 13.9. The smallest absolute Gasteiger partial charge is 0.264 e. The van der Waals surface area contributed by atoms with Crippen LogP contribution >= 0.6 is 11.8 Å². The summed E-state index contributed by atoms with van der Waals surface area (Å²) in [4.78, 5) is 56.7. The molecule has 174 valence electrons. The average Bonchev–Trinajstić information content (AvgIpc) is 3.23. The summed E-state index contributed by atoms with van der Waals surface area (Å²) in [7, 11) is -1.48. The van der Waals surface area contributed by atoms with E-state index < -0.39 is 49.0 Å². The number of aldehydes is 1. The van der Waals surface area contributed by atoms with E-state index in [1.165, 1.54) is 6.08 Å². The van der Waals surface area contributed by atoms with Crippen LogP contribution in [0.2, 0.25) is 13.1 Å². The van der Waals surface area contributed by atoms with Gasteiger partial charge in [0, 0.05) is 19.1 Å². The van der Waals surface area contributed by atoms with Crippen molar-refractivity contribution in [1.82, 2.24) is 5.06 Å². The average molecular weight is 472 g/mol. The maximum atomic E-state index is 13.4. The highest BCUT2D eigenvalue weighted by molar-refractivity contribution is 8.14. The highest BCUT2D eigenvalue weighted by Gasteiger charge is 2.72. The molecule has 2 saturated heterocycles. The first-order chi connectivity index (χ1) is 14.5. The maximum absolute atomic E-state index is 13.4. The van der Waals surface area contributed by atoms with Crippen molar-refractivity contribution in [3.05, 3.63) is 12.7 Å². The lowest BCUT2D eigenvalue weighted by atomic mass is 9.58. The Kier molecular flexibility index (Phi) is 8.80. The Bertz CT molecular complexity index is 717. The number of β-lactam (4-membered cyclic amide) rings is 1. The summed E-state index contributed by atoms with van der Waals surface area (Å²) >= 11 is 0.833. The van der Waals surface area contributed by atoms with Gasteiger partial charge in [-0.25, -0.2) is 5.06 Å². The number of hydroxylamine groups is 2. The van der Waals surface area contributed by atoms with E-state index in [1.54, 1.807) is 0 Å². The maximum Gasteiger partial charge on any atom is 0.264 e. The molecule has 0 aliphatic carbocycles. The number of Topliss-reactive ketones (excluding diaryl/α,β-unsaturated/α-hetero) is 1. The van der Waals surface area contributed by atoms with E-state index in [9.17, 15) is 19.2 Å². The number of amides is 1. The highest BCUT2D eigenvalue weighted by Crippen LogP contribution is 2.56. The molecule has 0 N–H and O–H groups in total. The fraction of sp³-hybridized carbons (Fsp3) is 0.714. The van der Waals surface area contributed by atoms with Gasteiger partial charge in [0.2, 0.25) is 10.9 Å². The fourth-order valence-electron chi connectivity index (χ4n) is 4.03. The Labute approximate surface area is 189 Å². The van der Waals surface area contributed by atoms with Gasteiger partial charge in [-0.1, -0.05) is 38.6 Å². The molecule has 10 heteroatoms. The molecule has 4 atom stereocenters. The monoisotopic (exact) mass is 471 g/mol. The van der Waals surface area contributed by atoms with Crippen molar-refractivity contribution in [1.29, 1.82) is 0 Å². The minimum absolute atomic E-state index is 0.0257. The van der Waals surface area contributed by atoms with Crippen LogP contribution in [0.3, 0.4) is 0 Å². The Morgan fingerprint density at radius 2 is 2.10 bits per heavy atom. The molecule has 0 unspecified atom stereocenters. The number of rotatable bonds is 11. The quantitative estimate of drug-likeness (QED) is 0.113. The Morgan fingerprint density at radius 1 is 1.42 bits per heavy atom. The molecule has 0 aromatic rings. The Hall–Kier alpha value is -1.33. The number of thioether (sulfide) groups is 1. The van der Waals surface area contributed by atoms with E-state index in [0.717, 1.165) is 23.2 Å². The largest absolute Gasteiger partial charge is 0.420 e. The van der Waals surface area contributed by atoms with Crippen LogP contribution in [0.5, 0.6) is 0 Å². The fourth-order valence-corrected chi connectivity index (χ4v) is 5.99. The normalized spacial score (nSPS) is 27.2. The molecule has 0 spiro atoms. The zero-order valence-corrected chi connectivity index (χ0v) is 20.9. The van der Waals surface area contributed by atoms with Crippen molar-refractivity contribution in [3.63, 3.8) is 0 Å². The number of ether oxygens (including phenoxy) is 1. The lowest BCUT2D eigenvalue weighted by Gasteiger charge is -2.57. The summed E-state index contributed by atoms with van der Waals surface area (Å²) in [5.41, 5.74) is -2.31. The van der Waals surface area contributed by atoms with Gasteiger partial charge in [-0.2, -0.15) is 0 Å². The predicted molar refractivity (Wildman–Crippen MR) is 120 cm³/mol. The van der Waals surface area contributed by atoms with Gasteiger partial charge in [0.15, 0.2) is 20.7 Å². The van der Waals surface area contributed by atoms with E-state index in [0.29, 0.717) is 13.0 Å². The van der Waals surface area contributed by atoms with Gasteiger partial charge < -0.3 is 9.16 Å². The second kappa shape index (κ2) is 10.5. The molecule has 0 aromatic heterocycles. The number of ketones is 1. The molecule has 2 fully saturated rings. The first kappa shape index (κ1) is 25.9. The highest BCUT2D eigenvalue weighted by atomic mass is 32.2. The minimum Gasteiger partial charge on any atom is -0.420 e. The predicted octanol–water partition coefficient (Wildman–Crippen LogP) is 2.13. The summed E-state index contributed by atoms with van der Waals surface area (Å²) in [5, 5.41) is -0.236. The van der Waals surface area contributed by atoms with Crippen LogP contribution in [-0.2, 0) is 33.2 Å². The number of nitrogens with zero attached hydrogens (tertiary/aromatic N) is 1. The van der Waals surface area contributed by atoms with Crippen molar-refractivity contribution in [2.75, 3.05) is 19.8 Å². The lowest BCUT2D eigenvalue weighted by molar-refractivity contribution is -0.251. The van der Waals surface area contributed by atoms with Gasteiger partial charge >= 0.3 is 0 Å². The topological polar surface area (TPSA) is 99.2 Å². The molecule has 0 bridgehead atoms. The molecule has 8 nitrogen and oxygen atoms in total. The van der Waals surface area contributed by atoms with Gasteiger partial charge in [-0.3, -0.25) is 24.0 Å². The molecule has 1 amide bonds. The zero-order valence-electron chi connectivity index (χ0n) is 18.9. The molecular weight excluding hydrogens is 438 g/mol. The van der Waals surface area contributed by atoms with E-state index in [4.69, 9.17) is 14.0 Å². The Morgan fingerprint density at radius 3 is 2.58 bits per heavy atom. The third kappa shape index (κ3) is 5.19. The summed E-state index contributed by atoms with van der Waals surface area (Å²) in [5.74, 6) is -2.11.